The van der Waals surface area contributed by atoms with E-state index in [2.05, 4.69) is 19.9 Å². The molecule has 2 N–H and O–H groups in total. The first-order valence-corrected chi connectivity index (χ1v) is 12.1. The molecule has 1 aromatic heterocycles. The lowest BCUT2D eigenvalue weighted by molar-refractivity contribution is 0.0596. The molecule has 1 aromatic carbocycles. The van der Waals surface area contributed by atoms with E-state index in [9.17, 15) is 14.0 Å². The molecule has 186 valence electrons. The van der Waals surface area contributed by atoms with E-state index in [0.29, 0.717) is 6.54 Å². The van der Waals surface area contributed by atoms with Gasteiger partial charge < -0.3 is 24.4 Å². The molecule has 0 atom stereocenters. The normalized spacial score (nSPS) is 13.5. The lowest BCUT2D eigenvalue weighted by Crippen LogP contribution is -2.30. The molecule has 0 spiro atoms. The van der Waals surface area contributed by atoms with Crippen molar-refractivity contribution in [3.8, 4) is 11.6 Å². The maximum atomic E-state index is 14.5. The van der Waals surface area contributed by atoms with Crippen LogP contribution in [0.2, 0.25) is 5.02 Å². The number of hydrogen-bond donors (Lipinski definition) is 2. The Labute approximate surface area is 206 Å². The summed E-state index contributed by atoms with van der Waals surface area (Å²) in [6.45, 7) is 3.53. The fourth-order valence-corrected chi connectivity index (χ4v) is 4.48. The number of benzene rings is 1. The van der Waals surface area contributed by atoms with Crippen LogP contribution in [0.5, 0.6) is 11.6 Å². The van der Waals surface area contributed by atoms with Crippen LogP contribution in [0.1, 0.15) is 41.6 Å². The van der Waals surface area contributed by atoms with Crippen molar-refractivity contribution in [2.75, 3.05) is 45.7 Å². The fraction of sp³-hybridized carbons (Fsp3) is 0.500. The summed E-state index contributed by atoms with van der Waals surface area (Å²) in [5, 5.41) is 5.68. The van der Waals surface area contributed by atoms with Gasteiger partial charge in [-0.15, -0.1) is 0 Å². The molecule has 0 radical (unpaired) electrons. The van der Waals surface area contributed by atoms with Gasteiger partial charge in [0.05, 0.1) is 19.2 Å². The lowest BCUT2D eigenvalue weighted by atomic mass is 10.2. The number of aromatic nitrogens is 1. The zero-order valence-corrected chi connectivity index (χ0v) is 20.7. The van der Waals surface area contributed by atoms with Crippen LogP contribution in [0.15, 0.2) is 12.1 Å². The number of urea groups is 1. The van der Waals surface area contributed by atoms with E-state index >= 15 is 0 Å². The molecule has 0 saturated carbocycles. The molecule has 12 heteroatoms. The van der Waals surface area contributed by atoms with E-state index in [1.165, 1.54) is 39.2 Å². The highest BCUT2D eigenvalue weighted by Crippen LogP contribution is 2.33. The number of likely N-dealkylation sites (tertiary alicyclic amines) is 1. The first-order valence-electron chi connectivity index (χ1n) is 10.9. The van der Waals surface area contributed by atoms with E-state index in [1.807, 2.05) is 0 Å². The fourth-order valence-electron chi connectivity index (χ4n) is 3.56. The first-order chi connectivity index (χ1) is 16.4. The average molecular weight is 515 g/mol. The summed E-state index contributed by atoms with van der Waals surface area (Å²) in [6, 6.07) is 2.41. The molecular weight excluding hydrogens is 487 g/mol. The van der Waals surface area contributed by atoms with E-state index in [4.69, 9.17) is 25.8 Å². The number of amides is 2. The Bertz CT molecular complexity index is 1000. The third kappa shape index (κ3) is 6.71. The number of hydrogen-bond acceptors (Lipinski definition) is 8. The Kier molecular flexibility index (Phi) is 9.73. The second-order valence-electron chi connectivity index (χ2n) is 7.65. The van der Waals surface area contributed by atoms with Gasteiger partial charge in [-0.25, -0.2) is 14.0 Å². The number of carbonyl (C=O) groups excluding carboxylic acids is 2. The van der Waals surface area contributed by atoms with Crippen LogP contribution in [0.4, 0.5) is 14.2 Å². The summed E-state index contributed by atoms with van der Waals surface area (Å²) in [5.41, 5.74) is -0.0119. The van der Waals surface area contributed by atoms with Gasteiger partial charge >= 0.3 is 12.0 Å². The number of halogens is 2. The smallest absolute Gasteiger partial charge is 0.346 e. The average Bonchev–Trinajstić information content (AvgIpc) is 3.48. The molecule has 34 heavy (non-hydrogen) atoms. The van der Waals surface area contributed by atoms with Gasteiger partial charge in [0.25, 0.3) is 0 Å². The summed E-state index contributed by atoms with van der Waals surface area (Å²) in [5.74, 6) is -1.51. The van der Waals surface area contributed by atoms with E-state index in [-0.39, 0.29) is 39.4 Å². The summed E-state index contributed by atoms with van der Waals surface area (Å²) in [7, 11) is 2.54. The minimum atomic E-state index is -0.748. The largest absolute Gasteiger partial charge is 0.494 e. The van der Waals surface area contributed by atoms with Crippen molar-refractivity contribution in [1.29, 1.82) is 0 Å². The molecule has 2 aromatic rings. The number of nitrogens with one attached hydrogen (secondary N) is 2. The number of anilines is 1. The van der Waals surface area contributed by atoms with Crippen LogP contribution in [-0.4, -0.2) is 61.7 Å². The number of unbranched alkanes of at least 4 members (excludes halogenated alkanes) is 1. The third-order valence-electron chi connectivity index (χ3n) is 5.39. The molecule has 3 rings (SSSR count). The molecule has 2 amide bonds. The second-order valence-corrected chi connectivity index (χ2v) is 8.83. The Morgan fingerprint density at radius 2 is 2.00 bits per heavy atom. The topological polar surface area (TPSA) is 102 Å². The Balaban J connectivity index is 1.58. The molecule has 1 saturated heterocycles. The van der Waals surface area contributed by atoms with Crippen molar-refractivity contribution < 1.29 is 28.2 Å². The SMILES string of the molecule is COC(=O)c1c(OCc2c(Cl)ccc(OC)c2F)nsc1NC(=O)NCCCCN1CCCC1. The highest BCUT2D eigenvalue weighted by Gasteiger charge is 2.25. The highest BCUT2D eigenvalue weighted by molar-refractivity contribution is 7.11. The summed E-state index contributed by atoms with van der Waals surface area (Å²) in [6.07, 6.45) is 4.35. The summed E-state index contributed by atoms with van der Waals surface area (Å²) in [4.78, 5) is 27.1. The van der Waals surface area contributed by atoms with Gasteiger partial charge in [-0.3, -0.25) is 5.32 Å². The van der Waals surface area contributed by atoms with Crippen molar-refractivity contribution in [1.82, 2.24) is 14.6 Å². The van der Waals surface area contributed by atoms with Crippen LogP contribution >= 0.6 is 23.1 Å². The number of methoxy groups -OCH3 is 2. The van der Waals surface area contributed by atoms with Gasteiger partial charge in [0, 0.05) is 12.1 Å². The number of esters is 1. The minimum absolute atomic E-state index is 0.00826. The summed E-state index contributed by atoms with van der Waals surface area (Å²) >= 11 is 6.94. The number of nitrogens with zero attached hydrogens (tertiary/aromatic N) is 2. The van der Waals surface area contributed by atoms with Gasteiger partial charge in [0.1, 0.15) is 11.6 Å². The molecule has 0 unspecified atom stereocenters. The molecular formula is C22H28ClFN4O5S. The zero-order valence-electron chi connectivity index (χ0n) is 19.1. The van der Waals surface area contributed by atoms with Gasteiger partial charge in [-0.05, 0) is 69.0 Å². The number of ether oxygens (including phenoxy) is 3. The maximum Gasteiger partial charge on any atom is 0.346 e. The number of carbonyl (C=O) groups is 2. The standard InChI is InChI=1S/C22H28ClFN4O5S/c1-31-16-8-7-15(23)14(18(16)24)13-33-19-17(21(29)32-2)20(34-27-19)26-22(30)25-9-3-4-10-28-11-5-6-12-28/h7-8H,3-6,9-13H2,1-2H3,(H2,25,26,30). The number of rotatable bonds is 11. The van der Waals surface area contributed by atoms with Crippen LogP contribution < -0.4 is 20.1 Å². The lowest BCUT2D eigenvalue weighted by Gasteiger charge is -2.14. The highest BCUT2D eigenvalue weighted by atomic mass is 35.5. The van der Waals surface area contributed by atoms with Crippen molar-refractivity contribution in [3.05, 3.63) is 34.1 Å². The van der Waals surface area contributed by atoms with Gasteiger partial charge in [0.2, 0.25) is 5.88 Å². The Morgan fingerprint density at radius 1 is 1.24 bits per heavy atom. The van der Waals surface area contributed by atoms with Crippen molar-refractivity contribution in [2.24, 2.45) is 0 Å². The van der Waals surface area contributed by atoms with E-state index in [0.717, 1.165) is 44.0 Å². The van der Waals surface area contributed by atoms with Crippen LogP contribution in [0.25, 0.3) is 0 Å². The molecule has 0 bridgehead atoms. The van der Waals surface area contributed by atoms with Crippen molar-refractivity contribution >= 4 is 40.1 Å². The molecule has 1 fully saturated rings. The van der Waals surface area contributed by atoms with Crippen LogP contribution in [-0.2, 0) is 11.3 Å². The third-order valence-corrected chi connectivity index (χ3v) is 6.49. The van der Waals surface area contributed by atoms with Crippen LogP contribution in [0.3, 0.4) is 0 Å². The Hall–Kier alpha value is -2.63. The van der Waals surface area contributed by atoms with E-state index < -0.39 is 17.8 Å². The van der Waals surface area contributed by atoms with E-state index in [1.54, 1.807) is 0 Å². The predicted octanol–water partition coefficient (Wildman–Crippen LogP) is 4.31. The zero-order chi connectivity index (χ0) is 24.5. The maximum absolute atomic E-state index is 14.5. The molecule has 1 aliphatic heterocycles. The minimum Gasteiger partial charge on any atom is -0.494 e. The Morgan fingerprint density at radius 3 is 2.71 bits per heavy atom. The monoisotopic (exact) mass is 514 g/mol. The first kappa shape index (κ1) is 26.0. The van der Waals surface area contributed by atoms with Gasteiger partial charge in [0.15, 0.2) is 17.1 Å². The molecule has 1 aliphatic rings. The van der Waals surface area contributed by atoms with Gasteiger partial charge in [-0.2, -0.15) is 4.37 Å². The van der Waals surface area contributed by atoms with Crippen LogP contribution in [0, 0.1) is 5.82 Å². The van der Waals surface area contributed by atoms with Gasteiger partial charge in [-0.1, -0.05) is 11.6 Å². The quantitative estimate of drug-likeness (QED) is 0.340. The molecule has 2 heterocycles. The predicted molar refractivity (Wildman–Crippen MR) is 128 cm³/mol. The molecule has 9 nitrogen and oxygen atoms in total. The molecule has 0 aliphatic carbocycles. The summed E-state index contributed by atoms with van der Waals surface area (Å²) < 4.78 is 34.0. The second kappa shape index (κ2) is 12.7. The van der Waals surface area contributed by atoms with Crippen molar-refractivity contribution in [3.63, 3.8) is 0 Å². The van der Waals surface area contributed by atoms with Crippen molar-refractivity contribution in [2.45, 2.75) is 32.3 Å².